The predicted octanol–water partition coefficient (Wildman–Crippen LogP) is 0.161. The normalized spacial score (nSPS) is 9.69. The molecule has 70 valence electrons. The Morgan fingerprint density at radius 3 is 2.69 bits per heavy atom. The SMILES string of the molecule is CNCc1ccc(C(=O)NC)nc1. The van der Waals surface area contributed by atoms with Crippen molar-refractivity contribution >= 4 is 5.91 Å². The predicted molar refractivity (Wildman–Crippen MR) is 50.4 cm³/mol. The fourth-order valence-electron chi connectivity index (χ4n) is 0.996. The number of rotatable bonds is 3. The molecule has 13 heavy (non-hydrogen) atoms. The third-order valence-corrected chi connectivity index (χ3v) is 1.67. The number of pyridine rings is 1. The van der Waals surface area contributed by atoms with Crippen LogP contribution < -0.4 is 10.6 Å². The van der Waals surface area contributed by atoms with E-state index < -0.39 is 0 Å². The Bertz CT molecular complexity index is 281. The van der Waals surface area contributed by atoms with E-state index in [0.717, 1.165) is 12.1 Å². The van der Waals surface area contributed by atoms with Crippen LogP contribution in [0, 0.1) is 0 Å². The zero-order chi connectivity index (χ0) is 9.68. The van der Waals surface area contributed by atoms with Gasteiger partial charge < -0.3 is 10.6 Å². The van der Waals surface area contributed by atoms with Crippen molar-refractivity contribution in [3.05, 3.63) is 29.6 Å². The van der Waals surface area contributed by atoms with Crippen molar-refractivity contribution in [3.63, 3.8) is 0 Å². The van der Waals surface area contributed by atoms with Crippen molar-refractivity contribution in [2.24, 2.45) is 0 Å². The molecular weight excluding hydrogens is 166 g/mol. The van der Waals surface area contributed by atoms with Crippen LogP contribution in [0.4, 0.5) is 0 Å². The molecule has 1 heterocycles. The molecule has 1 rings (SSSR count). The van der Waals surface area contributed by atoms with Gasteiger partial charge in [0.15, 0.2) is 0 Å². The molecule has 0 aliphatic heterocycles. The summed E-state index contributed by atoms with van der Waals surface area (Å²) in [5.74, 6) is -0.156. The maximum Gasteiger partial charge on any atom is 0.269 e. The Kier molecular flexibility index (Phi) is 3.40. The van der Waals surface area contributed by atoms with Crippen molar-refractivity contribution < 1.29 is 4.79 Å². The fourth-order valence-corrected chi connectivity index (χ4v) is 0.996. The Morgan fingerprint density at radius 2 is 2.23 bits per heavy atom. The lowest BCUT2D eigenvalue weighted by Crippen LogP contribution is -2.19. The summed E-state index contributed by atoms with van der Waals surface area (Å²) < 4.78 is 0. The number of nitrogens with zero attached hydrogens (tertiary/aromatic N) is 1. The van der Waals surface area contributed by atoms with E-state index >= 15 is 0 Å². The van der Waals surface area contributed by atoms with Gasteiger partial charge in [-0.3, -0.25) is 9.78 Å². The van der Waals surface area contributed by atoms with Gasteiger partial charge in [0.2, 0.25) is 0 Å². The number of carbonyl (C=O) groups is 1. The third-order valence-electron chi connectivity index (χ3n) is 1.67. The number of amides is 1. The first-order chi connectivity index (χ1) is 6.27. The molecule has 4 nitrogen and oxygen atoms in total. The van der Waals surface area contributed by atoms with Crippen molar-refractivity contribution in [1.29, 1.82) is 0 Å². The van der Waals surface area contributed by atoms with Gasteiger partial charge >= 0.3 is 0 Å². The van der Waals surface area contributed by atoms with Gasteiger partial charge in [-0.15, -0.1) is 0 Å². The van der Waals surface area contributed by atoms with Gasteiger partial charge in [-0.25, -0.2) is 0 Å². The second-order valence-electron chi connectivity index (χ2n) is 2.66. The summed E-state index contributed by atoms with van der Waals surface area (Å²) in [6.45, 7) is 0.765. The quantitative estimate of drug-likeness (QED) is 0.695. The molecule has 0 spiro atoms. The molecule has 0 unspecified atom stereocenters. The van der Waals surface area contributed by atoms with Gasteiger partial charge in [0.25, 0.3) is 5.91 Å². The minimum Gasteiger partial charge on any atom is -0.354 e. The minimum absolute atomic E-state index is 0.156. The Balaban J connectivity index is 2.75. The summed E-state index contributed by atoms with van der Waals surface area (Å²) in [5, 5.41) is 5.52. The van der Waals surface area contributed by atoms with Crippen molar-refractivity contribution in [2.75, 3.05) is 14.1 Å². The van der Waals surface area contributed by atoms with E-state index in [9.17, 15) is 4.79 Å². The highest BCUT2D eigenvalue weighted by atomic mass is 16.1. The van der Waals surface area contributed by atoms with Crippen LogP contribution in [0.25, 0.3) is 0 Å². The average Bonchev–Trinajstić information content (AvgIpc) is 2.18. The van der Waals surface area contributed by atoms with E-state index in [1.807, 2.05) is 13.1 Å². The number of nitrogens with one attached hydrogen (secondary N) is 2. The lowest BCUT2D eigenvalue weighted by molar-refractivity contribution is 0.0958. The highest BCUT2D eigenvalue weighted by Gasteiger charge is 2.02. The van der Waals surface area contributed by atoms with Gasteiger partial charge in [-0.2, -0.15) is 0 Å². The van der Waals surface area contributed by atoms with Crippen LogP contribution in [-0.2, 0) is 6.54 Å². The van der Waals surface area contributed by atoms with Crippen molar-refractivity contribution in [3.8, 4) is 0 Å². The van der Waals surface area contributed by atoms with E-state index in [-0.39, 0.29) is 5.91 Å². The van der Waals surface area contributed by atoms with Crippen LogP contribution >= 0.6 is 0 Å². The van der Waals surface area contributed by atoms with Crippen LogP contribution in [0.3, 0.4) is 0 Å². The smallest absolute Gasteiger partial charge is 0.269 e. The van der Waals surface area contributed by atoms with Gasteiger partial charge in [0, 0.05) is 19.8 Å². The number of carbonyl (C=O) groups excluding carboxylic acids is 1. The van der Waals surface area contributed by atoms with Gasteiger partial charge in [-0.05, 0) is 18.7 Å². The highest BCUT2D eigenvalue weighted by Crippen LogP contribution is 1.99. The largest absolute Gasteiger partial charge is 0.354 e. The molecule has 0 atom stereocenters. The van der Waals surface area contributed by atoms with Gasteiger partial charge in [0.1, 0.15) is 5.69 Å². The monoisotopic (exact) mass is 179 g/mol. The second kappa shape index (κ2) is 4.57. The van der Waals surface area contributed by atoms with Crippen molar-refractivity contribution in [1.82, 2.24) is 15.6 Å². The lowest BCUT2D eigenvalue weighted by atomic mass is 10.2. The summed E-state index contributed by atoms with van der Waals surface area (Å²) in [6, 6.07) is 3.60. The topological polar surface area (TPSA) is 54.0 Å². The molecular formula is C9H13N3O. The molecule has 0 aromatic carbocycles. The van der Waals surface area contributed by atoms with E-state index in [0.29, 0.717) is 5.69 Å². The first-order valence-corrected chi connectivity index (χ1v) is 4.09. The Hall–Kier alpha value is -1.42. The van der Waals surface area contributed by atoms with E-state index in [1.165, 1.54) is 0 Å². The van der Waals surface area contributed by atoms with Crippen LogP contribution in [0.15, 0.2) is 18.3 Å². The summed E-state index contributed by atoms with van der Waals surface area (Å²) in [6.07, 6.45) is 1.70. The molecule has 0 saturated carbocycles. The first-order valence-electron chi connectivity index (χ1n) is 4.09. The third kappa shape index (κ3) is 2.52. The van der Waals surface area contributed by atoms with E-state index in [4.69, 9.17) is 0 Å². The molecule has 1 aromatic heterocycles. The molecule has 0 fully saturated rings. The van der Waals surface area contributed by atoms with Crippen molar-refractivity contribution in [2.45, 2.75) is 6.54 Å². The molecule has 0 aliphatic rings. The standard InChI is InChI=1S/C9H13N3O/c1-10-5-7-3-4-8(12-6-7)9(13)11-2/h3-4,6,10H,5H2,1-2H3,(H,11,13). The molecule has 2 N–H and O–H groups in total. The molecule has 1 amide bonds. The molecule has 0 saturated heterocycles. The highest BCUT2D eigenvalue weighted by molar-refractivity contribution is 5.91. The first kappa shape index (κ1) is 9.67. The zero-order valence-corrected chi connectivity index (χ0v) is 7.79. The summed E-state index contributed by atoms with van der Waals surface area (Å²) in [4.78, 5) is 15.1. The maximum atomic E-state index is 11.1. The fraction of sp³-hybridized carbons (Fsp3) is 0.333. The summed E-state index contributed by atoms with van der Waals surface area (Å²) in [5.41, 5.74) is 1.51. The van der Waals surface area contributed by atoms with Crippen LogP contribution in [0.1, 0.15) is 16.1 Å². The Morgan fingerprint density at radius 1 is 1.46 bits per heavy atom. The molecule has 0 bridgehead atoms. The molecule has 4 heteroatoms. The average molecular weight is 179 g/mol. The van der Waals surface area contributed by atoms with Crippen LogP contribution in [-0.4, -0.2) is 25.0 Å². The second-order valence-corrected chi connectivity index (χ2v) is 2.66. The Labute approximate surface area is 77.4 Å². The number of hydrogen-bond donors (Lipinski definition) is 2. The van der Waals surface area contributed by atoms with Gasteiger partial charge in [-0.1, -0.05) is 6.07 Å². The summed E-state index contributed by atoms with van der Waals surface area (Å²) in [7, 11) is 3.46. The number of aromatic nitrogens is 1. The van der Waals surface area contributed by atoms with E-state index in [2.05, 4.69) is 15.6 Å². The lowest BCUT2D eigenvalue weighted by Gasteiger charge is -2.01. The van der Waals surface area contributed by atoms with Crippen LogP contribution in [0.5, 0.6) is 0 Å². The summed E-state index contributed by atoms with van der Waals surface area (Å²) >= 11 is 0. The van der Waals surface area contributed by atoms with E-state index in [1.54, 1.807) is 19.3 Å². The van der Waals surface area contributed by atoms with Gasteiger partial charge in [0.05, 0.1) is 0 Å². The molecule has 0 radical (unpaired) electrons. The zero-order valence-electron chi connectivity index (χ0n) is 7.79. The van der Waals surface area contributed by atoms with Crippen LogP contribution in [0.2, 0.25) is 0 Å². The number of hydrogen-bond acceptors (Lipinski definition) is 3. The minimum atomic E-state index is -0.156. The maximum absolute atomic E-state index is 11.1. The molecule has 1 aromatic rings. The molecule has 0 aliphatic carbocycles.